The predicted molar refractivity (Wildman–Crippen MR) is 198 cm³/mol. The molecule has 47 heavy (non-hydrogen) atoms. The molecule has 2 fully saturated rings. The number of carbonyl (C=O) groups is 2. The first kappa shape index (κ1) is 38.8. The fourth-order valence-corrected chi connectivity index (χ4v) is 8.03. The second kappa shape index (κ2) is 20.0. The van der Waals surface area contributed by atoms with E-state index < -0.39 is 0 Å². The number of aldehydes is 1. The second-order valence-corrected chi connectivity index (χ2v) is 14.0. The lowest BCUT2D eigenvalue weighted by Gasteiger charge is -2.40. The Morgan fingerprint density at radius 2 is 1.77 bits per heavy atom. The highest BCUT2D eigenvalue weighted by Crippen LogP contribution is 2.52. The highest BCUT2D eigenvalue weighted by Gasteiger charge is 2.45. The predicted octanol–water partition coefficient (Wildman–Crippen LogP) is 8.27. The summed E-state index contributed by atoms with van der Waals surface area (Å²) < 4.78 is 4.98. The van der Waals surface area contributed by atoms with Gasteiger partial charge in [-0.2, -0.15) is 0 Å². The Hall–Kier alpha value is -2.64. The highest BCUT2D eigenvalue weighted by molar-refractivity contribution is 5.79. The Balaban J connectivity index is 0.00000294. The number of allylic oxidation sites excluding steroid dienone is 2. The van der Waals surface area contributed by atoms with Gasteiger partial charge in [0.05, 0.1) is 7.11 Å². The van der Waals surface area contributed by atoms with Crippen molar-refractivity contribution in [2.75, 3.05) is 70.9 Å². The van der Waals surface area contributed by atoms with Crippen molar-refractivity contribution in [1.29, 1.82) is 0 Å². The molecule has 7 nitrogen and oxygen atoms in total. The lowest BCUT2D eigenvalue weighted by molar-refractivity contribution is 0.112. The summed E-state index contributed by atoms with van der Waals surface area (Å²) >= 11 is 0. The van der Waals surface area contributed by atoms with Crippen molar-refractivity contribution in [3.8, 4) is 0 Å². The molecule has 0 N–H and O–H groups in total. The zero-order valence-electron chi connectivity index (χ0n) is 31.0. The van der Waals surface area contributed by atoms with Gasteiger partial charge in [0, 0.05) is 75.6 Å². The maximum atomic E-state index is 12.1. The van der Waals surface area contributed by atoms with Crippen LogP contribution in [0, 0.1) is 17.8 Å². The fourth-order valence-electron chi connectivity index (χ4n) is 8.03. The number of methoxy groups -OCH3 is 1. The van der Waals surface area contributed by atoms with Crippen LogP contribution in [0.5, 0.6) is 0 Å². The van der Waals surface area contributed by atoms with Gasteiger partial charge in [-0.1, -0.05) is 76.5 Å². The van der Waals surface area contributed by atoms with E-state index in [1.807, 2.05) is 24.8 Å². The van der Waals surface area contributed by atoms with Crippen LogP contribution < -0.4 is 4.90 Å². The molecule has 3 unspecified atom stereocenters. The van der Waals surface area contributed by atoms with Crippen molar-refractivity contribution in [1.82, 2.24) is 14.7 Å². The summed E-state index contributed by atoms with van der Waals surface area (Å²) in [7, 11) is 1.47. The highest BCUT2D eigenvalue weighted by atomic mass is 16.5. The van der Waals surface area contributed by atoms with Crippen molar-refractivity contribution in [3.63, 3.8) is 0 Å². The first-order valence-corrected chi connectivity index (χ1v) is 18.7. The van der Waals surface area contributed by atoms with Crippen LogP contribution in [0.15, 0.2) is 42.0 Å². The Bertz CT molecular complexity index is 1150. The number of carbonyl (C=O) groups excluding carboxylic acids is 2. The summed E-state index contributed by atoms with van der Waals surface area (Å²) in [5.41, 5.74) is 4.87. The van der Waals surface area contributed by atoms with Crippen molar-refractivity contribution in [3.05, 3.63) is 53.1 Å². The normalized spacial score (nSPS) is 23.9. The molecule has 1 amide bonds. The molecule has 3 atom stereocenters. The molecule has 2 heterocycles. The van der Waals surface area contributed by atoms with Gasteiger partial charge in [0.2, 0.25) is 0 Å². The standard InChI is InChI=1S/C38H60N4O3.C2H6/c1-7-10-32(8-2)37-36(33-14-11-30(5)12-15-33)34-16-13-31(28-43)27-35(34)42(37)26-24-40(20-17-29(3)4)22-21-39-18-9-19-41(25-23-39)38(44)45-6;1-2/h7,10,13,16-17,27-28,30,32-33,36-37H,8-9,11-12,14-15,18-26H2,1-6H3;1-2H3/b10-7-;. The SMILES string of the molecule is C/C=C\C(CC)C1C(C2CCC(C)CC2)c2ccc(C=O)cc2N1CCN(CC=C(C)C)CCN1CCCN(C(=O)OC)CC1.CC. The van der Waals surface area contributed by atoms with Crippen molar-refractivity contribution in [2.45, 2.75) is 99.0 Å². The molecule has 0 bridgehead atoms. The average Bonchev–Trinajstić information content (AvgIpc) is 3.22. The smallest absolute Gasteiger partial charge is 0.409 e. The topological polar surface area (TPSA) is 56.3 Å². The number of amides is 1. The van der Waals surface area contributed by atoms with E-state index in [1.54, 1.807) is 0 Å². The molecule has 1 saturated heterocycles. The van der Waals surface area contributed by atoms with Gasteiger partial charge < -0.3 is 19.4 Å². The fraction of sp³-hybridized carbons (Fsp3) is 0.700. The Morgan fingerprint density at radius 3 is 2.40 bits per heavy atom. The Labute approximate surface area is 287 Å². The van der Waals surface area contributed by atoms with E-state index in [2.05, 4.69) is 79.7 Å². The minimum atomic E-state index is -0.218. The van der Waals surface area contributed by atoms with Crippen molar-refractivity contribution in [2.24, 2.45) is 17.8 Å². The van der Waals surface area contributed by atoms with Crippen LogP contribution in [0.4, 0.5) is 10.5 Å². The van der Waals surface area contributed by atoms with E-state index in [0.717, 1.165) is 89.5 Å². The molecule has 264 valence electrons. The van der Waals surface area contributed by atoms with Crippen LogP contribution >= 0.6 is 0 Å². The van der Waals surface area contributed by atoms with E-state index >= 15 is 0 Å². The number of fused-ring (bicyclic) bond motifs is 1. The molecule has 4 rings (SSSR count). The minimum absolute atomic E-state index is 0.218. The van der Waals surface area contributed by atoms with Crippen LogP contribution in [0.2, 0.25) is 0 Å². The molecule has 1 aromatic carbocycles. The van der Waals surface area contributed by atoms with Gasteiger partial charge in [-0.05, 0) is 82.4 Å². The van der Waals surface area contributed by atoms with Gasteiger partial charge >= 0.3 is 6.09 Å². The number of ether oxygens (including phenoxy) is 1. The minimum Gasteiger partial charge on any atom is -0.453 e. The van der Waals surface area contributed by atoms with E-state index in [0.29, 0.717) is 23.8 Å². The number of anilines is 1. The molecule has 1 aliphatic carbocycles. The number of benzene rings is 1. The molecular weight excluding hydrogens is 584 g/mol. The van der Waals surface area contributed by atoms with E-state index in [4.69, 9.17) is 4.74 Å². The summed E-state index contributed by atoms with van der Waals surface area (Å²) in [5, 5.41) is 0. The lowest BCUT2D eigenvalue weighted by atomic mass is 9.69. The number of hydrogen-bond acceptors (Lipinski definition) is 6. The number of rotatable bonds is 13. The van der Waals surface area contributed by atoms with Crippen LogP contribution in [0.3, 0.4) is 0 Å². The second-order valence-electron chi connectivity index (χ2n) is 14.0. The first-order valence-electron chi connectivity index (χ1n) is 18.7. The van der Waals surface area contributed by atoms with E-state index in [9.17, 15) is 9.59 Å². The third kappa shape index (κ3) is 10.7. The van der Waals surface area contributed by atoms with Crippen LogP contribution in [0.25, 0.3) is 0 Å². The Kier molecular flexibility index (Phi) is 16.5. The third-order valence-corrected chi connectivity index (χ3v) is 10.7. The van der Waals surface area contributed by atoms with Gasteiger partial charge in [-0.3, -0.25) is 9.69 Å². The summed E-state index contributed by atoms with van der Waals surface area (Å²) in [5.74, 6) is 2.47. The summed E-state index contributed by atoms with van der Waals surface area (Å²) in [4.78, 5) is 33.7. The van der Waals surface area contributed by atoms with Gasteiger partial charge in [0.15, 0.2) is 0 Å². The van der Waals surface area contributed by atoms with E-state index in [1.165, 1.54) is 49.6 Å². The van der Waals surface area contributed by atoms with Gasteiger partial charge in [-0.25, -0.2) is 4.79 Å². The zero-order chi connectivity index (χ0) is 34.3. The summed E-state index contributed by atoms with van der Waals surface area (Å²) in [6.07, 6.45) is 15.2. The number of nitrogens with zero attached hydrogens (tertiary/aromatic N) is 4. The molecule has 7 heteroatoms. The molecule has 1 saturated carbocycles. The largest absolute Gasteiger partial charge is 0.453 e. The molecule has 0 radical (unpaired) electrons. The van der Waals surface area contributed by atoms with Crippen LogP contribution in [-0.4, -0.2) is 99.1 Å². The third-order valence-electron chi connectivity index (χ3n) is 10.7. The van der Waals surface area contributed by atoms with Crippen molar-refractivity contribution >= 4 is 18.1 Å². The lowest BCUT2D eigenvalue weighted by Crippen LogP contribution is -2.46. The molecule has 0 spiro atoms. The molecule has 1 aromatic rings. The van der Waals surface area contributed by atoms with Gasteiger partial charge in [-0.15, -0.1) is 0 Å². The molecule has 3 aliphatic rings. The summed E-state index contributed by atoms with van der Waals surface area (Å²) in [6.45, 7) is 23.4. The Morgan fingerprint density at radius 1 is 1.04 bits per heavy atom. The maximum absolute atomic E-state index is 12.1. The average molecular weight is 651 g/mol. The first-order chi connectivity index (χ1) is 22.8. The summed E-state index contributed by atoms with van der Waals surface area (Å²) in [6, 6.07) is 6.91. The molecule has 0 aromatic heterocycles. The van der Waals surface area contributed by atoms with Gasteiger partial charge in [0.25, 0.3) is 0 Å². The van der Waals surface area contributed by atoms with Crippen molar-refractivity contribution < 1.29 is 14.3 Å². The molecular formula is C40H66N4O3. The van der Waals surface area contributed by atoms with E-state index in [-0.39, 0.29) is 6.09 Å². The quantitative estimate of drug-likeness (QED) is 0.158. The van der Waals surface area contributed by atoms with Crippen LogP contribution in [0.1, 0.15) is 109 Å². The van der Waals surface area contributed by atoms with Gasteiger partial charge in [0.1, 0.15) is 6.29 Å². The number of hydrogen-bond donors (Lipinski definition) is 0. The monoisotopic (exact) mass is 651 g/mol. The zero-order valence-corrected chi connectivity index (χ0v) is 31.0. The van der Waals surface area contributed by atoms with Crippen LogP contribution in [-0.2, 0) is 4.74 Å². The molecule has 2 aliphatic heterocycles. The maximum Gasteiger partial charge on any atom is 0.409 e.